The van der Waals surface area contributed by atoms with Gasteiger partial charge in [-0.25, -0.2) is 4.21 Å². The zero-order valence-electron chi connectivity index (χ0n) is 34.2. The molecule has 1 saturated heterocycles. The average Bonchev–Trinajstić information content (AvgIpc) is 3.64. The number of rotatable bonds is 10. The van der Waals surface area contributed by atoms with Gasteiger partial charge in [0.15, 0.2) is 5.78 Å². The number of benzene rings is 2. The Morgan fingerprint density at radius 1 is 1.10 bits per heavy atom. The van der Waals surface area contributed by atoms with Crippen molar-refractivity contribution in [1.29, 1.82) is 0 Å². The van der Waals surface area contributed by atoms with Crippen LogP contribution in [-0.2, 0) is 47.1 Å². The maximum atomic E-state index is 15.1. The third-order valence-electron chi connectivity index (χ3n) is 12.9. The molecular weight excluding hydrogens is 792 g/mol. The van der Waals surface area contributed by atoms with Crippen LogP contribution in [0.25, 0.3) is 0 Å². The standard InChI is InChI=1S/C45H57ClN4O8S/c1-3-50-19-15-43(47-50)57-25-31-6-4-8-41(54-2)38-12-9-34(38)24-49-29-45(18-5-7-32-22-35(46)11-13-39(32)45)30-58-42-14-10-33(23-40(42)49)44(52)48-59(53,27-31)28-36(51)26-56-37-16-20-55-21-17-37/h4,8,10-11,13-15,19,22-23,31,34,37-38,41H,3,5-7,9,12,16-18,20-21,24-30H2,1-2H3/b8-4+/t31-,34+,38-,41+,45+,59+/m1/s1. The van der Waals surface area contributed by atoms with Crippen molar-refractivity contribution in [3.63, 3.8) is 0 Å². The molecule has 2 fully saturated rings. The predicted octanol–water partition coefficient (Wildman–Crippen LogP) is 7.10. The highest BCUT2D eigenvalue weighted by Gasteiger charge is 2.44. The van der Waals surface area contributed by atoms with Gasteiger partial charge in [-0.05, 0) is 112 Å². The van der Waals surface area contributed by atoms with Crippen LogP contribution in [0.4, 0.5) is 5.69 Å². The van der Waals surface area contributed by atoms with Crippen LogP contribution in [0.3, 0.4) is 0 Å². The van der Waals surface area contributed by atoms with Crippen LogP contribution in [0.2, 0.25) is 5.02 Å². The van der Waals surface area contributed by atoms with Gasteiger partial charge in [0.1, 0.15) is 12.4 Å². The number of Topliss-reactive ketones (excluding diaryl/α,β-unsaturated/α-hetero) is 1. The van der Waals surface area contributed by atoms with Crippen LogP contribution in [0, 0.1) is 17.8 Å². The molecule has 6 atom stereocenters. The summed E-state index contributed by atoms with van der Waals surface area (Å²) in [6.07, 6.45) is 12.7. The van der Waals surface area contributed by atoms with Crippen molar-refractivity contribution in [2.45, 2.75) is 82.5 Å². The van der Waals surface area contributed by atoms with Crippen LogP contribution in [0.15, 0.2) is 65.2 Å². The van der Waals surface area contributed by atoms with E-state index in [2.05, 4.69) is 38.6 Å². The summed E-state index contributed by atoms with van der Waals surface area (Å²) < 4.78 is 51.8. The minimum atomic E-state index is -3.45. The molecule has 318 valence electrons. The topological polar surface area (TPSA) is 131 Å². The van der Waals surface area contributed by atoms with E-state index in [4.69, 9.17) is 35.3 Å². The number of aryl methyl sites for hydroxylation is 2. The number of hydrogen-bond acceptors (Lipinski definition) is 10. The van der Waals surface area contributed by atoms with E-state index < -0.39 is 21.4 Å². The van der Waals surface area contributed by atoms with E-state index >= 15 is 4.21 Å². The summed E-state index contributed by atoms with van der Waals surface area (Å²) in [6.45, 7) is 5.76. The molecule has 59 heavy (non-hydrogen) atoms. The van der Waals surface area contributed by atoms with Crippen LogP contribution < -0.4 is 14.4 Å². The lowest BCUT2D eigenvalue weighted by Crippen LogP contribution is -2.49. The molecule has 3 aromatic rings. The van der Waals surface area contributed by atoms with Crippen LogP contribution in [0.5, 0.6) is 11.6 Å². The lowest BCUT2D eigenvalue weighted by Gasteiger charge is -2.46. The van der Waals surface area contributed by atoms with Gasteiger partial charge in [-0.15, -0.1) is 5.10 Å². The van der Waals surface area contributed by atoms with Gasteiger partial charge in [-0.2, -0.15) is 4.36 Å². The molecule has 0 unspecified atom stereocenters. The Hall–Kier alpha value is -3.75. The van der Waals surface area contributed by atoms with Gasteiger partial charge in [-0.1, -0.05) is 29.8 Å². The molecule has 1 aromatic heterocycles. The molecule has 0 N–H and O–H groups in total. The second kappa shape index (κ2) is 18.5. The van der Waals surface area contributed by atoms with Gasteiger partial charge in [-0.3, -0.25) is 14.3 Å². The van der Waals surface area contributed by atoms with Crippen molar-refractivity contribution < 1.29 is 37.5 Å². The summed E-state index contributed by atoms with van der Waals surface area (Å²) in [5, 5.41) is 5.21. The molecular formula is C45H57ClN4O8S. The highest BCUT2D eigenvalue weighted by molar-refractivity contribution is 7.94. The number of ketones is 1. The molecule has 12 nitrogen and oxygen atoms in total. The van der Waals surface area contributed by atoms with Gasteiger partial charge in [0, 0.05) is 79.9 Å². The van der Waals surface area contributed by atoms with Gasteiger partial charge >= 0.3 is 0 Å². The summed E-state index contributed by atoms with van der Waals surface area (Å²) in [5.41, 5.74) is 3.36. The summed E-state index contributed by atoms with van der Waals surface area (Å²) in [4.78, 5) is 30.4. The second-order valence-corrected chi connectivity index (χ2v) is 19.8. The first-order chi connectivity index (χ1) is 28.6. The van der Waals surface area contributed by atoms with E-state index in [1.54, 1.807) is 23.9 Å². The summed E-state index contributed by atoms with van der Waals surface area (Å²) in [7, 11) is -1.69. The fourth-order valence-electron chi connectivity index (χ4n) is 9.62. The number of carbonyl (C=O) groups excluding carboxylic acids is 2. The molecule has 1 saturated carbocycles. The van der Waals surface area contributed by atoms with Crippen molar-refractivity contribution in [3.05, 3.63) is 82.5 Å². The number of fused-ring (bicyclic) bond motifs is 4. The summed E-state index contributed by atoms with van der Waals surface area (Å²) in [6, 6.07) is 13.4. The highest BCUT2D eigenvalue weighted by atomic mass is 35.5. The molecule has 2 aliphatic carbocycles. The summed E-state index contributed by atoms with van der Waals surface area (Å²) in [5.74, 6) is -0.000800. The van der Waals surface area contributed by atoms with Crippen molar-refractivity contribution in [2.24, 2.45) is 22.1 Å². The molecule has 14 heteroatoms. The number of halogens is 1. The Morgan fingerprint density at radius 3 is 2.75 bits per heavy atom. The Kier molecular flexibility index (Phi) is 13.1. The number of allylic oxidation sites excluding steroid dienone is 1. The SMILES string of the molecule is CCn1ccc(OC[C@H]2C/C=C/[C@H](OC)[C@@H]3CC[C@H]3CN3C[C@@]4(CCCc5cc(Cl)ccc54)COc4ccc(cc43)C(=O)N=[S@@](=O)(CC(=O)COC3CCOCC3)C2)n1. The van der Waals surface area contributed by atoms with Crippen molar-refractivity contribution in [1.82, 2.24) is 9.78 Å². The zero-order chi connectivity index (χ0) is 41.0. The van der Waals surface area contributed by atoms with Crippen LogP contribution in [-0.4, -0.2) is 103 Å². The maximum absolute atomic E-state index is 15.1. The van der Waals surface area contributed by atoms with E-state index in [0.29, 0.717) is 75.3 Å². The van der Waals surface area contributed by atoms with E-state index in [0.717, 1.165) is 49.4 Å². The molecule has 0 radical (unpaired) electrons. The monoisotopic (exact) mass is 848 g/mol. The van der Waals surface area contributed by atoms with E-state index in [1.807, 2.05) is 31.3 Å². The Labute approximate surface area is 353 Å². The van der Waals surface area contributed by atoms with Crippen molar-refractivity contribution >= 4 is 38.7 Å². The predicted molar refractivity (Wildman–Crippen MR) is 227 cm³/mol. The lowest BCUT2D eigenvalue weighted by molar-refractivity contribution is -0.125. The number of anilines is 1. The zero-order valence-corrected chi connectivity index (χ0v) is 35.8. The van der Waals surface area contributed by atoms with Gasteiger partial charge in [0.05, 0.1) is 46.6 Å². The number of ether oxygens (including phenoxy) is 5. The molecule has 2 bridgehead atoms. The Morgan fingerprint density at radius 2 is 1.97 bits per heavy atom. The van der Waals surface area contributed by atoms with Crippen LogP contribution in [0.1, 0.15) is 73.4 Å². The number of hydrogen-bond donors (Lipinski definition) is 0. The van der Waals surface area contributed by atoms with E-state index in [-0.39, 0.29) is 54.2 Å². The molecule has 2 aromatic carbocycles. The quantitative estimate of drug-likeness (QED) is 0.195. The minimum absolute atomic E-state index is 0.0313. The van der Waals surface area contributed by atoms with Gasteiger partial charge in [0.25, 0.3) is 5.91 Å². The van der Waals surface area contributed by atoms with Gasteiger partial charge in [0.2, 0.25) is 5.88 Å². The third kappa shape index (κ3) is 9.75. The third-order valence-corrected chi connectivity index (χ3v) is 15.4. The fraction of sp³-hybridized carbons (Fsp3) is 0.578. The van der Waals surface area contributed by atoms with Gasteiger partial charge < -0.3 is 28.6 Å². The van der Waals surface area contributed by atoms with E-state index in [1.165, 1.54) is 11.1 Å². The first-order valence-electron chi connectivity index (χ1n) is 21.3. The van der Waals surface area contributed by atoms with Crippen molar-refractivity contribution in [3.8, 4) is 11.6 Å². The lowest BCUT2D eigenvalue weighted by atomic mass is 9.68. The Bertz CT molecular complexity index is 2140. The Balaban J connectivity index is 1.15. The number of carbonyl (C=O) groups is 2. The second-order valence-electron chi connectivity index (χ2n) is 17.0. The minimum Gasteiger partial charge on any atom is -0.490 e. The molecule has 5 aliphatic rings. The van der Waals surface area contributed by atoms with Crippen molar-refractivity contribution in [2.75, 3.05) is 69.6 Å². The number of amides is 1. The number of aromatic nitrogens is 2. The first kappa shape index (κ1) is 42.0. The number of methoxy groups -OCH3 is 1. The largest absolute Gasteiger partial charge is 0.490 e. The highest BCUT2D eigenvalue weighted by Crippen LogP contribution is 2.47. The molecule has 8 rings (SSSR count). The number of nitrogens with zero attached hydrogens (tertiary/aromatic N) is 4. The maximum Gasteiger partial charge on any atom is 0.285 e. The smallest absolute Gasteiger partial charge is 0.285 e. The van der Waals surface area contributed by atoms with Crippen LogP contribution >= 0.6 is 11.6 Å². The van der Waals surface area contributed by atoms with E-state index in [9.17, 15) is 9.59 Å². The molecule has 1 spiro atoms. The fourth-order valence-corrected chi connectivity index (χ4v) is 12.0. The normalized spacial score (nSPS) is 29.3. The molecule has 3 aliphatic heterocycles. The molecule has 1 amide bonds. The summed E-state index contributed by atoms with van der Waals surface area (Å²) >= 11 is 6.50. The molecule has 4 heterocycles. The first-order valence-corrected chi connectivity index (χ1v) is 23.5. The average molecular weight is 849 g/mol.